The van der Waals surface area contributed by atoms with Crippen molar-refractivity contribution >= 4 is 17.9 Å². The van der Waals surface area contributed by atoms with Gasteiger partial charge in [-0.05, 0) is 19.9 Å². The Morgan fingerprint density at radius 1 is 1.54 bits per heavy atom. The fourth-order valence-electron chi connectivity index (χ4n) is 0.861. The molecule has 0 aliphatic carbocycles. The molecule has 0 spiro atoms. The van der Waals surface area contributed by atoms with Crippen LogP contribution < -0.4 is 4.74 Å². The maximum atomic E-state index is 10.5. The van der Waals surface area contributed by atoms with Crippen molar-refractivity contribution in [2.45, 2.75) is 20.0 Å². The molecule has 0 amide bonds. The Labute approximate surface area is 81.7 Å². The Morgan fingerprint density at radius 2 is 2.23 bits per heavy atom. The third kappa shape index (κ3) is 3.03. The Hall–Kier alpha value is -1.09. The first-order valence-electron chi connectivity index (χ1n) is 3.91. The van der Waals surface area contributed by atoms with E-state index in [1.54, 1.807) is 6.07 Å². The molecule has 1 aromatic rings. The van der Waals surface area contributed by atoms with E-state index in [0.29, 0.717) is 17.7 Å². The number of carbonyl (C=O) groups excluding carboxylic acids is 1. The van der Waals surface area contributed by atoms with E-state index in [4.69, 9.17) is 16.3 Å². The summed E-state index contributed by atoms with van der Waals surface area (Å²) in [7, 11) is 0. The van der Waals surface area contributed by atoms with Gasteiger partial charge in [-0.2, -0.15) is 0 Å². The lowest BCUT2D eigenvalue weighted by Gasteiger charge is -2.08. The molecular formula is C9H10ClNO2. The van der Waals surface area contributed by atoms with Crippen LogP contribution in [0.1, 0.15) is 24.2 Å². The molecule has 1 rings (SSSR count). The molecule has 13 heavy (non-hydrogen) atoms. The van der Waals surface area contributed by atoms with Crippen LogP contribution in [0.2, 0.25) is 5.15 Å². The molecule has 1 heterocycles. The molecule has 3 nitrogen and oxygen atoms in total. The lowest BCUT2D eigenvalue weighted by atomic mass is 10.3. The summed E-state index contributed by atoms with van der Waals surface area (Å²) in [5.74, 6) is 0.379. The Kier molecular flexibility index (Phi) is 3.25. The second-order valence-electron chi connectivity index (χ2n) is 2.85. The van der Waals surface area contributed by atoms with Crippen molar-refractivity contribution in [2.75, 3.05) is 0 Å². The largest absolute Gasteiger partial charge is 0.475 e. The second-order valence-corrected chi connectivity index (χ2v) is 3.23. The summed E-state index contributed by atoms with van der Waals surface area (Å²) < 4.78 is 5.28. The van der Waals surface area contributed by atoms with Gasteiger partial charge in [0, 0.05) is 11.6 Å². The van der Waals surface area contributed by atoms with Gasteiger partial charge in [0.2, 0.25) is 5.88 Å². The molecule has 0 atom stereocenters. The van der Waals surface area contributed by atoms with Crippen LogP contribution in [-0.4, -0.2) is 17.4 Å². The third-order valence-corrected chi connectivity index (χ3v) is 1.48. The number of rotatable bonds is 3. The van der Waals surface area contributed by atoms with E-state index >= 15 is 0 Å². The molecule has 0 fully saturated rings. The minimum atomic E-state index is 0.0190. The van der Waals surface area contributed by atoms with Crippen molar-refractivity contribution in [3.63, 3.8) is 0 Å². The molecule has 0 N–H and O–H groups in total. The van der Waals surface area contributed by atoms with Crippen molar-refractivity contribution in [3.05, 3.63) is 22.8 Å². The van der Waals surface area contributed by atoms with E-state index in [9.17, 15) is 4.79 Å². The molecule has 0 aromatic carbocycles. The number of pyridine rings is 1. The Balaban J connectivity index is 2.94. The van der Waals surface area contributed by atoms with E-state index in [0.717, 1.165) is 0 Å². The van der Waals surface area contributed by atoms with Crippen LogP contribution in [0.3, 0.4) is 0 Å². The van der Waals surface area contributed by atoms with Crippen LogP contribution in [-0.2, 0) is 0 Å². The first-order valence-corrected chi connectivity index (χ1v) is 4.29. The highest BCUT2D eigenvalue weighted by atomic mass is 35.5. The van der Waals surface area contributed by atoms with E-state index in [-0.39, 0.29) is 11.3 Å². The SMILES string of the molecule is CC(C)Oc1cc(C=O)cc(Cl)n1. The van der Waals surface area contributed by atoms with Crippen LogP contribution >= 0.6 is 11.6 Å². The quantitative estimate of drug-likeness (QED) is 0.554. The summed E-state index contributed by atoms with van der Waals surface area (Å²) in [6.07, 6.45) is 0.728. The second kappa shape index (κ2) is 4.23. The Bertz CT molecular complexity index is 312. The van der Waals surface area contributed by atoms with Gasteiger partial charge in [-0.1, -0.05) is 11.6 Å². The normalized spacial score (nSPS) is 10.2. The van der Waals surface area contributed by atoms with Gasteiger partial charge in [-0.3, -0.25) is 4.79 Å². The predicted octanol–water partition coefficient (Wildman–Crippen LogP) is 2.33. The van der Waals surface area contributed by atoms with Crippen LogP contribution in [0, 0.1) is 0 Å². The molecule has 0 radical (unpaired) electrons. The van der Waals surface area contributed by atoms with Gasteiger partial charge in [0.05, 0.1) is 6.10 Å². The highest BCUT2D eigenvalue weighted by Crippen LogP contribution is 2.15. The van der Waals surface area contributed by atoms with Gasteiger partial charge in [-0.15, -0.1) is 0 Å². The number of carbonyl (C=O) groups is 1. The van der Waals surface area contributed by atoms with Gasteiger partial charge >= 0.3 is 0 Å². The maximum Gasteiger partial charge on any atom is 0.215 e. The van der Waals surface area contributed by atoms with Gasteiger partial charge < -0.3 is 4.74 Å². The summed E-state index contributed by atoms with van der Waals surface area (Å²) in [6, 6.07) is 3.04. The van der Waals surface area contributed by atoms with E-state index in [1.165, 1.54) is 6.07 Å². The zero-order valence-electron chi connectivity index (χ0n) is 7.45. The summed E-state index contributed by atoms with van der Waals surface area (Å²) in [4.78, 5) is 14.4. The predicted molar refractivity (Wildman–Crippen MR) is 50.4 cm³/mol. The first-order chi connectivity index (χ1) is 6.11. The standard InChI is InChI=1S/C9H10ClNO2/c1-6(2)13-9-4-7(5-12)3-8(10)11-9/h3-6H,1-2H3. The number of nitrogens with zero attached hydrogens (tertiary/aromatic N) is 1. The molecule has 0 saturated carbocycles. The molecule has 0 unspecified atom stereocenters. The number of hydrogen-bond acceptors (Lipinski definition) is 3. The lowest BCUT2D eigenvalue weighted by Crippen LogP contribution is -2.07. The molecule has 0 saturated heterocycles. The molecule has 0 bridgehead atoms. The van der Waals surface area contributed by atoms with Crippen molar-refractivity contribution < 1.29 is 9.53 Å². The van der Waals surface area contributed by atoms with Gasteiger partial charge in [0.1, 0.15) is 11.4 Å². The van der Waals surface area contributed by atoms with Gasteiger partial charge in [0.25, 0.3) is 0 Å². The molecule has 1 aromatic heterocycles. The summed E-state index contributed by atoms with van der Waals surface area (Å²) in [5.41, 5.74) is 0.468. The van der Waals surface area contributed by atoms with Crippen molar-refractivity contribution in [1.29, 1.82) is 0 Å². The number of aldehydes is 1. The average molecular weight is 200 g/mol. The lowest BCUT2D eigenvalue weighted by molar-refractivity contribution is 0.112. The highest BCUT2D eigenvalue weighted by molar-refractivity contribution is 6.29. The van der Waals surface area contributed by atoms with E-state index in [2.05, 4.69) is 4.98 Å². The topological polar surface area (TPSA) is 39.2 Å². The fraction of sp³-hybridized carbons (Fsp3) is 0.333. The monoisotopic (exact) mass is 199 g/mol. The van der Waals surface area contributed by atoms with Crippen molar-refractivity contribution in [2.24, 2.45) is 0 Å². The van der Waals surface area contributed by atoms with E-state index < -0.39 is 0 Å². The Morgan fingerprint density at radius 3 is 2.77 bits per heavy atom. The zero-order chi connectivity index (χ0) is 9.84. The smallest absolute Gasteiger partial charge is 0.215 e. The summed E-state index contributed by atoms with van der Waals surface area (Å²) in [5, 5.41) is 0.264. The van der Waals surface area contributed by atoms with Gasteiger partial charge in [0.15, 0.2) is 0 Å². The minimum Gasteiger partial charge on any atom is -0.475 e. The number of ether oxygens (including phenoxy) is 1. The zero-order valence-corrected chi connectivity index (χ0v) is 8.21. The number of hydrogen-bond donors (Lipinski definition) is 0. The third-order valence-electron chi connectivity index (χ3n) is 1.29. The number of aromatic nitrogens is 1. The van der Waals surface area contributed by atoms with Crippen molar-refractivity contribution in [1.82, 2.24) is 4.98 Å². The van der Waals surface area contributed by atoms with E-state index in [1.807, 2.05) is 13.8 Å². The fourth-order valence-corrected chi connectivity index (χ4v) is 1.07. The van der Waals surface area contributed by atoms with Crippen LogP contribution in [0.15, 0.2) is 12.1 Å². The molecule has 0 aliphatic rings. The average Bonchev–Trinajstić information content (AvgIpc) is 2.01. The number of halogens is 1. The van der Waals surface area contributed by atoms with Gasteiger partial charge in [-0.25, -0.2) is 4.98 Å². The highest BCUT2D eigenvalue weighted by Gasteiger charge is 2.03. The molecule has 70 valence electrons. The minimum absolute atomic E-state index is 0.0190. The van der Waals surface area contributed by atoms with Crippen molar-refractivity contribution in [3.8, 4) is 5.88 Å². The first kappa shape index (κ1) is 9.99. The van der Waals surface area contributed by atoms with Crippen LogP contribution in [0.5, 0.6) is 5.88 Å². The van der Waals surface area contributed by atoms with Crippen LogP contribution in [0.4, 0.5) is 0 Å². The molecular weight excluding hydrogens is 190 g/mol. The summed E-state index contributed by atoms with van der Waals surface area (Å²) in [6.45, 7) is 3.76. The summed E-state index contributed by atoms with van der Waals surface area (Å²) >= 11 is 5.66. The molecule has 0 aliphatic heterocycles. The maximum absolute atomic E-state index is 10.5. The van der Waals surface area contributed by atoms with Crippen LogP contribution in [0.25, 0.3) is 0 Å². The molecule has 4 heteroatoms.